The third-order valence-corrected chi connectivity index (χ3v) is 2.13. The van der Waals surface area contributed by atoms with Crippen LogP contribution in [-0.4, -0.2) is 30.0 Å². The second-order valence-corrected chi connectivity index (χ2v) is 3.84. The van der Waals surface area contributed by atoms with Gasteiger partial charge in [0.05, 0.1) is 6.10 Å². The Bertz CT molecular complexity index is 189. The summed E-state index contributed by atoms with van der Waals surface area (Å²) in [7, 11) is 0. The molecule has 1 aliphatic heterocycles. The van der Waals surface area contributed by atoms with E-state index in [1.165, 1.54) is 0 Å². The fourth-order valence-corrected chi connectivity index (χ4v) is 1.25. The minimum absolute atomic E-state index is 0.112. The van der Waals surface area contributed by atoms with Crippen molar-refractivity contribution >= 4 is 21.8 Å². The summed E-state index contributed by atoms with van der Waals surface area (Å²) in [5.74, 6) is -1.32. The third-order valence-electron chi connectivity index (χ3n) is 1.77. The van der Waals surface area contributed by atoms with Gasteiger partial charge < -0.3 is 10.1 Å². The molecule has 0 aromatic heterocycles. The number of carbonyl (C=O) groups excluding carboxylic acids is 1. The molecule has 1 amide bonds. The highest BCUT2D eigenvalue weighted by molar-refractivity contribution is 9.10. The summed E-state index contributed by atoms with van der Waals surface area (Å²) in [6.45, 7) is 0.797. The predicted octanol–water partition coefficient (Wildman–Crippen LogP) is 1.27. The molecule has 6 heteroatoms. The van der Waals surface area contributed by atoms with Crippen molar-refractivity contribution in [1.82, 2.24) is 5.32 Å². The summed E-state index contributed by atoms with van der Waals surface area (Å²) in [6, 6.07) is 0. The lowest BCUT2D eigenvalue weighted by molar-refractivity contribution is -0.134. The van der Waals surface area contributed by atoms with Gasteiger partial charge in [0.15, 0.2) is 0 Å². The van der Waals surface area contributed by atoms with Crippen LogP contribution in [-0.2, 0) is 9.53 Å². The van der Waals surface area contributed by atoms with Crippen molar-refractivity contribution in [3.63, 3.8) is 0 Å². The number of hydrogen-bond donors (Lipinski definition) is 1. The van der Waals surface area contributed by atoms with Crippen LogP contribution in [0, 0.1) is 0 Å². The standard InChI is InChI=1S/C7H10BrF2NO2/c8-7(9,10)6(12)11-4-5-2-1-3-13-5/h5H,1-4H2,(H,11,12). The first kappa shape index (κ1) is 10.8. The van der Waals surface area contributed by atoms with Crippen LogP contribution in [0.15, 0.2) is 0 Å². The Morgan fingerprint density at radius 1 is 1.69 bits per heavy atom. The van der Waals surface area contributed by atoms with Crippen LogP contribution in [0.2, 0.25) is 0 Å². The highest BCUT2D eigenvalue weighted by Gasteiger charge is 2.35. The maximum absolute atomic E-state index is 12.3. The molecule has 0 aliphatic carbocycles. The quantitative estimate of drug-likeness (QED) is 0.774. The van der Waals surface area contributed by atoms with Gasteiger partial charge in [-0.1, -0.05) is 0 Å². The van der Waals surface area contributed by atoms with Gasteiger partial charge in [-0.2, -0.15) is 8.78 Å². The Balaban J connectivity index is 2.22. The van der Waals surface area contributed by atoms with Crippen LogP contribution >= 0.6 is 15.9 Å². The Hall–Kier alpha value is -0.230. The summed E-state index contributed by atoms with van der Waals surface area (Å²) in [5.41, 5.74) is 0. The Morgan fingerprint density at radius 2 is 2.38 bits per heavy atom. The molecule has 3 nitrogen and oxygen atoms in total. The Morgan fingerprint density at radius 3 is 2.85 bits per heavy atom. The molecule has 13 heavy (non-hydrogen) atoms. The fraction of sp³-hybridized carbons (Fsp3) is 0.857. The maximum Gasteiger partial charge on any atom is 0.377 e. The van der Waals surface area contributed by atoms with Crippen LogP contribution in [0.25, 0.3) is 0 Å². The van der Waals surface area contributed by atoms with Crippen LogP contribution in [0.3, 0.4) is 0 Å². The second-order valence-electron chi connectivity index (χ2n) is 2.84. The van der Waals surface area contributed by atoms with Crippen molar-refractivity contribution in [1.29, 1.82) is 0 Å². The monoisotopic (exact) mass is 257 g/mol. The maximum atomic E-state index is 12.3. The van der Waals surface area contributed by atoms with E-state index in [0.29, 0.717) is 6.61 Å². The van der Waals surface area contributed by atoms with E-state index >= 15 is 0 Å². The van der Waals surface area contributed by atoms with Gasteiger partial charge in [0.25, 0.3) is 0 Å². The lowest BCUT2D eigenvalue weighted by atomic mass is 10.2. The predicted molar refractivity (Wildman–Crippen MR) is 45.9 cm³/mol. The molecule has 1 saturated heterocycles. The molecule has 0 bridgehead atoms. The van der Waals surface area contributed by atoms with Crippen molar-refractivity contribution in [2.75, 3.05) is 13.2 Å². The average Bonchev–Trinajstić information content (AvgIpc) is 2.50. The summed E-state index contributed by atoms with van der Waals surface area (Å²) in [4.78, 5) is 7.18. The fourth-order valence-electron chi connectivity index (χ4n) is 1.11. The minimum Gasteiger partial charge on any atom is -0.376 e. The minimum atomic E-state index is -3.48. The lowest BCUT2D eigenvalue weighted by Crippen LogP contribution is -2.39. The largest absolute Gasteiger partial charge is 0.377 e. The lowest BCUT2D eigenvalue weighted by Gasteiger charge is -2.12. The molecule has 1 atom stereocenters. The number of ether oxygens (including phenoxy) is 1. The molecule has 76 valence electrons. The summed E-state index contributed by atoms with van der Waals surface area (Å²) in [5, 5.41) is 2.10. The summed E-state index contributed by atoms with van der Waals surface area (Å²) in [6.07, 6.45) is 1.62. The van der Waals surface area contributed by atoms with E-state index in [-0.39, 0.29) is 12.6 Å². The Kier molecular flexibility index (Phi) is 3.61. The number of halogens is 3. The van der Waals surface area contributed by atoms with Crippen molar-refractivity contribution in [3.8, 4) is 0 Å². The van der Waals surface area contributed by atoms with Crippen LogP contribution in [0.4, 0.5) is 8.78 Å². The van der Waals surface area contributed by atoms with Gasteiger partial charge in [0.2, 0.25) is 0 Å². The van der Waals surface area contributed by atoms with E-state index < -0.39 is 10.7 Å². The Labute approximate surface area is 82.9 Å². The number of alkyl halides is 3. The smallest absolute Gasteiger partial charge is 0.376 e. The average molecular weight is 258 g/mol. The van der Waals surface area contributed by atoms with Crippen LogP contribution in [0.5, 0.6) is 0 Å². The first-order chi connectivity index (χ1) is 6.00. The highest BCUT2D eigenvalue weighted by Crippen LogP contribution is 2.21. The summed E-state index contributed by atoms with van der Waals surface area (Å²) >= 11 is 1.97. The molecule has 0 aromatic rings. The molecule has 0 aromatic carbocycles. The molecule has 0 saturated carbocycles. The van der Waals surface area contributed by atoms with Crippen molar-refractivity contribution < 1.29 is 18.3 Å². The van der Waals surface area contributed by atoms with E-state index in [1.54, 1.807) is 0 Å². The topological polar surface area (TPSA) is 38.3 Å². The van der Waals surface area contributed by atoms with Crippen molar-refractivity contribution in [2.45, 2.75) is 23.8 Å². The van der Waals surface area contributed by atoms with Gasteiger partial charge in [-0.25, -0.2) is 0 Å². The molecular weight excluding hydrogens is 248 g/mol. The van der Waals surface area contributed by atoms with E-state index in [4.69, 9.17) is 4.74 Å². The van der Waals surface area contributed by atoms with Gasteiger partial charge in [-0.05, 0) is 12.8 Å². The van der Waals surface area contributed by atoms with Crippen molar-refractivity contribution in [3.05, 3.63) is 0 Å². The highest BCUT2D eigenvalue weighted by atomic mass is 79.9. The molecule has 0 radical (unpaired) electrons. The summed E-state index contributed by atoms with van der Waals surface area (Å²) < 4.78 is 29.6. The molecule has 1 rings (SSSR count). The zero-order chi connectivity index (χ0) is 9.90. The zero-order valence-corrected chi connectivity index (χ0v) is 8.44. The number of rotatable bonds is 3. The van der Waals surface area contributed by atoms with Gasteiger partial charge in [-0.3, -0.25) is 4.79 Å². The second kappa shape index (κ2) is 4.32. The van der Waals surface area contributed by atoms with Gasteiger partial charge >= 0.3 is 10.7 Å². The molecule has 1 fully saturated rings. The normalized spacial score (nSPS) is 23.2. The van der Waals surface area contributed by atoms with Gasteiger partial charge in [-0.15, -0.1) is 0 Å². The molecule has 1 heterocycles. The SMILES string of the molecule is O=C(NCC1CCCO1)C(F)(F)Br. The zero-order valence-electron chi connectivity index (χ0n) is 6.86. The van der Waals surface area contributed by atoms with Crippen molar-refractivity contribution in [2.24, 2.45) is 0 Å². The third kappa shape index (κ3) is 3.56. The first-order valence-electron chi connectivity index (χ1n) is 3.97. The van der Waals surface area contributed by atoms with Crippen LogP contribution < -0.4 is 5.32 Å². The molecular formula is C7H10BrF2NO2. The molecule has 1 N–H and O–H groups in total. The number of nitrogens with one attached hydrogen (secondary N) is 1. The van der Waals surface area contributed by atoms with Crippen LogP contribution in [0.1, 0.15) is 12.8 Å². The first-order valence-corrected chi connectivity index (χ1v) is 4.76. The molecule has 0 spiro atoms. The van der Waals surface area contributed by atoms with E-state index in [2.05, 4.69) is 5.32 Å². The number of hydrogen-bond acceptors (Lipinski definition) is 2. The van der Waals surface area contributed by atoms with Gasteiger partial charge in [0.1, 0.15) is 0 Å². The molecule has 1 aliphatic rings. The van der Waals surface area contributed by atoms with Gasteiger partial charge in [0, 0.05) is 29.1 Å². The number of amides is 1. The molecule has 1 unspecified atom stereocenters. The van der Waals surface area contributed by atoms with E-state index in [0.717, 1.165) is 12.8 Å². The number of carbonyl (C=O) groups is 1. The van der Waals surface area contributed by atoms with E-state index in [1.807, 2.05) is 15.9 Å². The van der Waals surface area contributed by atoms with E-state index in [9.17, 15) is 13.6 Å².